The van der Waals surface area contributed by atoms with Crippen LogP contribution in [-0.4, -0.2) is 16.7 Å². The summed E-state index contributed by atoms with van der Waals surface area (Å²) in [6, 6.07) is 12.0. The van der Waals surface area contributed by atoms with Gasteiger partial charge in [0, 0.05) is 23.3 Å². The number of nitrogens with zero attached hydrogens (tertiary/aromatic N) is 1. The van der Waals surface area contributed by atoms with Crippen LogP contribution in [0.1, 0.15) is 22.8 Å². The summed E-state index contributed by atoms with van der Waals surface area (Å²) in [4.78, 5) is 33.6. The largest absolute Gasteiger partial charge is 0.423 e. The van der Waals surface area contributed by atoms with Gasteiger partial charge in [0.25, 0.3) is 5.69 Å². The zero-order valence-electron chi connectivity index (χ0n) is 13.5. The summed E-state index contributed by atoms with van der Waals surface area (Å²) >= 11 is 0. The first-order valence-electron chi connectivity index (χ1n) is 7.31. The molecular weight excluding hydrogens is 322 g/mol. The summed E-state index contributed by atoms with van der Waals surface area (Å²) in [6.45, 7) is 5.03. The van der Waals surface area contributed by atoms with Gasteiger partial charge in [0.05, 0.1) is 4.92 Å². The third kappa shape index (κ3) is 4.97. The lowest BCUT2D eigenvalue weighted by Gasteiger charge is -2.04. The SMILES string of the molecule is C=C(C)C(=O)Oc1ccc(C(=O)C=Cc2ccc([N+](=O)[O-])cc2)cc1. The number of hydrogen-bond donors (Lipinski definition) is 0. The topological polar surface area (TPSA) is 86.5 Å². The van der Waals surface area contributed by atoms with E-state index in [1.807, 2.05) is 0 Å². The van der Waals surface area contributed by atoms with Gasteiger partial charge >= 0.3 is 5.97 Å². The van der Waals surface area contributed by atoms with Crippen LogP contribution in [0.15, 0.2) is 66.8 Å². The van der Waals surface area contributed by atoms with Gasteiger partial charge in [-0.2, -0.15) is 0 Å². The molecule has 25 heavy (non-hydrogen) atoms. The molecule has 6 heteroatoms. The van der Waals surface area contributed by atoms with Gasteiger partial charge in [0.15, 0.2) is 5.78 Å². The molecule has 0 aliphatic carbocycles. The van der Waals surface area contributed by atoms with Crippen LogP contribution in [-0.2, 0) is 4.79 Å². The summed E-state index contributed by atoms with van der Waals surface area (Å²) < 4.78 is 5.05. The fourth-order valence-corrected chi connectivity index (χ4v) is 1.86. The highest BCUT2D eigenvalue weighted by Crippen LogP contribution is 2.16. The number of carbonyl (C=O) groups is 2. The Kier molecular flexibility index (Phi) is 5.58. The molecule has 0 atom stereocenters. The first-order chi connectivity index (χ1) is 11.9. The van der Waals surface area contributed by atoms with E-state index in [2.05, 4.69) is 6.58 Å². The number of ketones is 1. The second kappa shape index (κ2) is 7.83. The normalized spacial score (nSPS) is 10.4. The minimum absolute atomic E-state index is 0.0108. The van der Waals surface area contributed by atoms with E-state index < -0.39 is 10.9 Å². The van der Waals surface area contributed by atoms with Crippen LogP contribution < -0.4 is 4.74 Å². The number of hydrogen-bond acceptors (Lipinski definition) is 5. The van der Waals surface area contributed by atoms with E-state index >= 15 is 0 Å². The molecule has 0 N–H and O–H groups in total. The van der Waals surface area contributed by atoms with E-state index in [4.69, 9.17) is 4.74 Å². The van der Waals surface area contributed by atoms with Gasteiger partial charge in [0.1, 0.15) is 5.75 Å². The molecule has 2 rings (SSSR count). The predicted octanol–water partition coefficient (Wildman–Crippen LogP) is 3.97. The zero-order valence-corrected chi connectivity index (χ0v) is 13.5. The lowest BCUT2D eigenvalue weighted by molar-refractivity contribution is -0.384. The minimum Gasteiger partial charge on any atom is -0.423 e. The number of nitro groups is 1. The second-order valence-electron chi connectivity index (χ2n) is 5.24. The van der Waals surface area contributed by atoms with Crippen molar-refractivity contribution in [2.75, 3.05) is 0 Å². The van der Waals surface area contributed by atoms with Crippen LogP contribution in [0.2, 0.25) is 0 Å². The van der Waals surface area contributed by atoms with E-state index in [1.54, 1.807) is 37.3 Å². The van der Waals surface area contributed by atoms with Crippen LogP contribution in [0.3, 0.4) is 0 Å². The summed E-state index contributed by atoms with van der Waals surface area (Å²) in [6.07, 6.45) is 2.94. The third-order valence-corrected chi connectivity index (χ3v) is 3.23. The zero-order chi connectivity index (χ0) is 18.4. The van der Waals surface area contributed by atoms with Gasteiger partial charge in [-0.05, 0) is 55.0 Å². The summed E-state index contributed by atoms with van der Waals surface area (Å²) in [5, 5.41) is 10.6. The monoisotopic (exact) mass is 337 g/mol. The van der Waals surface area contributed by atoms with Crippen molar-refractivity contribution in [2.24, 2.45) is 0 Å². The van der Waals surface area contributed by atoms with Crippen molar-refractivity contribution >= 4 is 23.5 Å². The number of carbonyl (C=O) groups excluding carboxylic acids is 2. The maximum Gasteiger partial charge on any atom is 0.338 e. The van der Waals surface area contributed by atoms with Gasteiger partial charge in [-0.1, -0.05) is 12.7 Å². The van der Waals surface area contributed by atoms with Crippen LogP contribution in [0.25, 0.3) is 6.08 Å². The summed E-state index contributed by atoms with van der Waals surface area (Å²) in [5.74, 6) is -0.447. The number of rotatable bonds is 6. The number of ether oxygens (including phenoxy) is 1. The van der Waals surface area contributed by atoms with Crippen molar-refractivity contribution in [3.63, 3.8) is 0 Å². The molecule has 6 nitrogen and oxygen atoms in total. The standard InChI is InChI=1S/C19H15NO5/c1-13(2)19(22)25-17-10-6-15(7-11-17)18(21)12-5-14-3-8-16(9-4-14)20(23)24/h3-12H,1H2,2H3. The molecule has 0 amide bonds. The van der Waals surface area contributed by atoms with E-state index in [0.29, 0.717) is 16.9 Å². The molecule has 0 fully saturated rings. The number of benzene rings is 2. The van der Waals surface area contributed by atoms with Crippen LogP contribution in [0, 0.1) is 10.1 Å². The Morgan fingerprint density at radius 1 is 1.08 bits per heavy atom. The Labute approximate surface area is 144 Å². The highest BCUT2D eigenvalue weighted by atomic mass is 16.6. The molecule has 0 bridgehead atoms. The maximum atomic E-state index is 12.1. The van der Waals surface area contributed by atoms with E-state index in [-0.39, 0.29) is 17.0 Å². The molecule has 0 unspecified atom stereocenters. The number of allylic oxidation sites excluding steroid dienone is 1. The molecule has 0 aliphatic rings. The van der Waals surface area contributed by atoms with Crippen molar-refractivity contribution < 1.29 is 19.2 Å². The van der Waals surface area contributed by atoms with E-state index in [1.165, 1.54) is 30.3 Å². The fraction of sp³-hybridized carbons (Fsp3) is 0.0526. The van der Waals surface area contributed by atoms with E-state index in [9.17, 15) is 19.7 Å². The number of esters is 1. The summed E-state index contributed by atoms with van der Waals surface area (Å²) in [7, 11) is 0. The van der Waals surface area contributed by atoms with Gasteiger partial charge in [0.2, 0.25) is 0 Å². The molecule has 0 aromatic heterocycles. The van der Waals surface area contributed by atoms with E-state index in [0.717, 1.165) is 0 Å². The van der Waals surface area contributed by atoms with Gasteiger partial charge in [-0.25, -0.2) is 4.79 Å². The molecule has 0 radical (unpaired) electrons. The number of non-ortho nitro benzene ring substituents is 1. The molecule has 0 spiro atoms. The molecule has 2 aromatic carbocycles. The maximum absolute atomic E-state index is 12.1. The molecule has 0 saturated carbocycles. The first kappa shape index (κ1) is 17.8. The Morgan fingerprint density at radius 3 is 2.20 bits per heavy atom. The highest BCUT2D eigenvalue weighted by Gasteiger charge is 2.07. The average molecular weight is 337 g/mol. The Balaban J connectivity index is 2.03. The Morgan fingerprint density at radius 2 is 1.68 bits per heavy atom. The molecular formula is C19H15NO5. The molecule has 0 aliphatic heterocycles. The summed E-state index contributed by atoms with van der Waals surface area (Å²) in [5.41, 5.74) is 1.37. The highest BCUT2D eigenvalue weighted by molar-refractivity contribution is 6.06. The Bertz CT molecular complexity index is 848. The molecule has 2 aromatic rings. The molecule has 0 saturated heterocycles. The quantitative estimate of drug-likeness (QED) is 0.199. The van der Waals surface area contributed by atoms with Gasteiger partial charge in [-0.15, -0.1) is 0 Å². The van der Waals surface area contributed by atoms with Crippen molar-refractivity contribution in [3.8, 4) is 5.75 Å². The number of nitro benzene ring substituents is 1. The lowest BCUT2D eigenvalue weighted by Crippen LogP contribution is -2.08. The lowest BCUT2D eigenvalue weighted by atomic mass is 10.1. The van der Waals surface area contributed by atoms with Crippen LogP contribution in [0.4, 0.5) is 5.69 Å². The predicted molar refractivity (Wildman–Crippen MR) is 93.4 cm³/mol. The smallest absolute Gasteiger partial charge is 0.338 e. The second-order valence-corrected chi connectivity index (χ2v) is 5.24. The van der Waals surface area contributed by atoms with Crippen LogP contribution in [0.5, 0.6) is 5.75 Å². The van der Waals surface area contributed by atoms with Crippen molar-refractivity contribution in [3.05, 3.63) is 88.0 Å². The first-order valence-corrected chi connectivity index (χ1v) is 7.31. The van der Waals surface area contributed by atoms with Gasteiger partial charge < -0.3 is 4.74 Å². The minimum atomic E-state index is -0.530. The molecule has 0 heterocycles. The fourth-order valence-electron chi connectivity index (χ4n) is 1.86. The van der Waals surface area contributed by atoms with Crippen molar-refractivity contribution in [1.29, 1.82) is 0 Å². The van der Waals surface area contributed by atoms with Crippen molar-refractivity contribution in [1.82, 2.24) is 0 Å². The Hall–Kier alpha value is -3.54. The molecule has 126 valence electrons. The van der Waals surface area contributed by atoms with Crippen molar-refractivity contribution in [2.45, 2.75) is 6.92 Å². The van der Waals surface area contributed by atoms with Gasteiger partial charge in [-0.3, -0.25) is 14.9 Å². The average Bonchev–Trinajstić information content (AvgIpc) is 2.60. The van der Waals surface area contributed by atoms with Crippen LogP contribution >= 0.6 is 0 Å². The third-order valence-electron chi connectivity index (χ3n) is 3.23.